The summed E-state index contributed by atoms with van der Waals surface area (Å²) in [5, 5.41) is 0.410. The number of carbonyl (C=O) groups is 1. The summed E-state index contributed by atoms with van der Waals surface area (Å²) in [4.78, 5) is 32.8. The summed E-state index contributed by atoms with van der Waals surface area (Å²) in [7, 11) is 0. The number of hydrogen-bond donors (Lipinski definition) is 0. The predicted octanol–water partition coefficient (Wildman–Crippen LogP) is 4.69. The van der Waals surface area contributed by atoms with Crippen LogP contribution in [0.5, 0.6) is 0 Å². The summed E-state index contributed by atoms with van der Waals surface area (Å²) in [5.74, 6) is -0.448. The number of nitrogens with zero attached hydrogens (tertiary/aromatic N) is 2. The highest BCUT2D eigenvalue weighted by molar-refractivity contribution is 6.10. The predicted molar refractivity (Wildman–Crippen MR) is 111 cm³/mol. The van der Waals surface area contributed by atoms with Gasteiger partial charge in [0.15, 0.2) is 5.43 Å². The van der Waals surface area contributed by atoms with Gasteiger partial charge in [-0.2, -0.15) is 0 Å². The van der Waals surface area contributed by atoms with Gasteiger partial charge >= 0.3 is 0 Å². The van der Waals surface area contributed by atoms with Crippen LogP contribution in [0, 0.1) is 19.7 Å². The molecule has 0 spiro atoms. The van der Waals surface area contributed by atoms with Gasteiger partial charge in [-0.15, -0.1) is 0 Å². The molecule has 0 fully saturated rings. The average Bonchev–Trinajstić information content (AvgIpc) is 3.02. The number of aryl methyl sites for hydroxylation is 2. The van der Waals surface area contributed by atoms with Gasteiger partial charge in [0.25, 0.3) is 5.91 Å². The lowest BCUT2D eigenvalue weighted by Gasteiger charge is -2.24. The number of benzene rings is 2. The Morgan fingerprint density at radius 3 is 2.50 bits per heavy atom. The zero-order chi connectivity index (χ0) is 21.0. The van der Waals surface area contributed by atoms with E-state index in [2.05, 4.69) is 4.98 Å². The van der Waals surface area contributed by atoms with E-state index in [9.17, 15) is 14.0 Å². The molecule has 30 heavy (non-hydrogen) atoms. The largest absolute Gasteiger partial charge is 0.450 e. The molecule has 5 rings (SSSR count). The maximum absolute atomic E-state index is 13.6. The fourth-order valence-corrected chi connectivity index (χ4v) is 3.95. The van der Waals surface area contributed by atoms with Gasteiger partial charge in [-0.1, -0.05) is 29.8 Å². The second kappa shape index (κ2) is 6.62. The van der Waals surface area contributed by atoms with Crippen molar-refractivity contribution in [2.24, 2.45) is 0 Å². The molecule has 2 aromatic heterocycles. The molecule has 5 nitrogen and oxygen atoms in total. The number of rotatable bonds is 2. The molecule has 148 valence electrons. The van der Waals surface area contributed by atoms with Crippen LogP contribution in [0.25, 0.3) is 11.0 Å². The molecule has 0 bridgehead atoms. The Kier molecular flexibility index (Phi) is 4.03. The van der Waals surface area contributed by atoms with Crippen LogP contribution in [-0.4, -0.2) is 10.9 Å². The summed E-state index contributed by atoms with van der Waals surface area (Å²) in [6, 6.07) is 15.6. The van der Waals surface area contributed by atoms with Crippen LogP contribution < -0.4 is 10.3 Å². The second-order valence-electron chi connectivity index (χ2n) is 7.44. The van der Waals surface area contributed by atoms with Crippen molar-refractivity contribution in [2.75, 3.05) is 4.90 Å². The minimum Gasteiger partial charge on any atom is -0.450 e. The molecule has 2 aromatic carbocycles. The normalized spacial score (nSPS) is 15.6. The molecular weight excluding hydrogens is 383 g/mol. The van der Waals surface area contributed by atoms with Crippen LogP contribution in [0.15, 0.2) is 69.9 Å². The standard InChI is InChI=1S/C24H17FN2O3/c1-13-6-11-18-17(12-13)22(28)20-21(15-7-9-16(25)10-8-15)27(24(29)23(20)30-18)19-5-3-4-14(2)26-19/h3-12,21H,1-2H3/t21-/m0/s1. The van der Waals surface area contributed by atoms with E-state index in [0.29, 0.717) is 22.4 Å². The third-order valence-corrected chi connectivity index (χ3v) is 5.33. The Hall–Kier alpha value is -3.80. The summed E-state index contributed by atoms with van der Waals surface area (Å²) in [6.07, 6.45) is 0. The van der Waals surface area contributed by atoms with Gasteiger partial charge in [-0.25, -0.2) is 9.37 Å². The molecule has 0 radical (unpaired) electrons. The van der Waals surface area contributed by atoms with Gasteiger partial charge < -0.3 is 4.42 Å². The molecule has 1 aliphatic rings. The third-order valence-electron chi connectivity index (χ3n) is 5.33. The highest BCUT2D eigenvalue weighted by Crippen LogP contribution is 2.40. The van der Waals surface area contributed by atoms with Crippen molar-refractivity contribution in [3.8, 4) is 0 Å². The highest BCUT2D eigenvalue weighted by Gasteiger charge is 2.44. The van der Waals surface area contributed by atoms with Gasteiger partial charge in [-0.3, -0.25) is 14.5 Å². The van der Waals surface area contributed by atoms with Crippen molar-refractivity contribution < 1.29 is 13.6 Å². The van der Waals surface area contributed by atoms with Gasteiger partial charge in [0.05, 0.1) is 17.0 Å². The number of amides is 1. The van der Waals surface area contributed by atoms with Crippen LogP contribution in [0.3, 0.4) is 0 Å². The molecule has 6 heteroatoms. The second-order valence-corrected chi connectivity index (χ2v) is 7.44. The summed E-state index contributed by atoms with van der Waals surface area (Å²) in [5.41, 5.74) is 2.57. The van der Waals surface area contributed by atoms with E-state index in [1.807, 2.05) is 26.0 Å². The van der Waals surface area contributed by atoms with Crippen molar-refractivity contribution in [3.63, 3.8) is 0 Å². The fraction of sp³-hybridized carbons (Fsp3) is 0.125. The molecule has 4 aromatic rings. The lowest BCUT2D eigenvalue weighted by molar-refractivity contribution is 0.0970. The summed E-state index contributed by atoms with van der Waals surface area (Å²) in [6.45, 7) is 3.71. The van der Waals surface area contributed by atoms with Crippen molar-refractivity contribution in [1.29, 1.82) is 0 Å². The number of hydrogen-bond acceptors (Lipinski definition) is 4. The maximum atomic E-state index is 13.6. The van der Waals surface area contributed by atoms with Gasteiger partial charge in [0.2, 0.25) is 5.76 Å². The molecule has 0 saturated heterocycles. The van der Waals surface area contributed by atoms with Crippen molar-refractivity contribution >= 4 is 22.7 Å². The molecule has 1 aliphatic heterocycles. The molecule has 0 unspecified atom stereocenters. The maximum Gasteiger partial charge on any atom is 0.296 e. The van der Waals surface area contributed by atoms with Crippen LogP contribution in [0.2, 0.25) is 0 Å². The van der Waals surface area contributed by atoms with E-state index >= 15 is 0 Å². The van der Waals surface area contributed by atoms with E-state index < -0.39 is 17.8 Å². The first-order valence-corrected chi connectivity index (χ1v) is 9.54. The van der Waals surface area contributed by atoms with Crippen LogP contribution >= 0.6 is 0 Å². The smallest absolute Gasteiger partial charge is 0.296 e. The number of aromatic nitrogens is 1. The Bertz CT molecular complexity index is 1380. The third kappa shape index (κ3) is 2.72. The minimum absolute atomic E-state index is 0.00557. The number of anilines is 1. The Morgan fingerprint density at radius 2 is 1.77 bits per heavy atom. The first-order valence-electron chi connectivity index (χ1n) is 9.54. The van der Waals surface area contributed by atoms with Gasteiger partial charge in [0, 0.05) is 5.69 Å². The lowest BCUT2D eigenvalue weighted by atomic mass is 9.98. The van der Waals surface area contributed by atoms with Crippen LogP contribution in [0.1, 0.15) is 39.0 Å². The SMILES string of the molecule is Cc1ccc2oc3c(c(=O)c2c1)[C@H](c1ccc(F)cc1)N(c1cccc(C)n1)C3=O. The number of fused-ring (bicyclic) bond motifs is 2. The Morgan fingerprint density at radius 1 is 1.00 bits per heavy atom. The zero-order valence-electron chi connectivity index (χ0n) is 16.3. The molecule has 0 N–H and O–H groups in total. The van der Waals surface area contributed by atoms with Gasteiger partial charge in [-0.05, 0) is 55.8 Å². The molecule has 3 heterocycles. The van der Waals surface area contributed by atoms with Crippen molar-refractivity contribution in [3.05, 3.63) is 105 Å². The first kappa shape index (κ1) is 18.2. The zero-order valence-corrected chi connectivity index (χ0v) is 16.3. The van der Waals surface area contributed by atoms with E-state index in [1.165, 1.54) is 17.0 Å². The van der Waals surface area contributed by atoms with Gasteiger partial charge in [0.1, 0.15) is 17.2 Å². The Balaban J connectivity index is 1.83. The molecule has 1 amide bonds. The number of carbonyl (C=O) groups excluding carboxylic acids is 1. The van der Waals surface area contributed by atoms with E-state index in [1.54, 1.807) is 36.4 Å². The number of halogens is 1. The average molecular weight is 400 g/mol. The topological polar surface area (TPSA) is 63.4 Å². The minimum atomic E-state index is -0.761. The monoisotopic (exact) mass is 400 g/mol. The summed E-state index contributed by atoms with van der Waals surface area (Å²) >= 11 is 0. The molecule has 0 aliphatic carbocycles. The van der Waals surface area contributed by atoms with E-state index in [4.69, 9.17) is 4.42 Å². The van der Waals surface area contributed by atoms with Crippen molar-refractivity contribution in [1.82, 2.24) is 4.98 Å². The lowest BCUT2D eigenvalue weighted by Crippen LogP contribution is -2.30. The van der Waals surface area contributed by atoms with Crippen LogP contribution in [0.4, 0.5) is 10.2 Å². The molecular formula is C24H17FN2O3. The number of pyridine rings is 1. The Labute approximate surface area is 171 Å². The summed E-state index contributed by atoms with van der Waals surface area (Å²) < 4.78 is 19.5. The van der Waals surface area contributed by atoms with Crippen molar-refractivity contribution in [2.45, 2.75) is 19.9 Å². The van der Waals surface area contributed by atoms with Crippen LogP contribution in [-0.2, 0) is 0 Å². The highest BCUT2D eigenvalue weighted by atomic mass is 19.1. The quantitative estimate of drug-likeness (QED) is 0.490. The molecule has 1 atom stereocenters. The fourth-order valence-electron chi connectivity index (χ4n) is 3.95. The van der Waals surface area contributed by atoms with E-state index in [-0.39, 0.29) is 16.8 Å². The molecule has 0 saturated carbocycles. The first-order chi connectivity index (χ1) is 14.4. The van der Waals surface area contributed by atoms with E-state index in [0.717, 1.165) is 11.3 Å².